The normalized spacial score (nSPS) is 17.2. The Bertz CT molecular complexity index is 1010. The van der Waals surface area contributed by atoms with Crippen molar-refractivity contribution in [1.82, 2.24) is 18.7 Å². The van der Waals surface area contributed by atoms with Crippen molar-refractivity contribution in [2.75, 3.05) is 11.6 Å². The van der Waals surface area contributed by atoms with E-state index in [2.05, 4.69) is 10.1 Å². The second kappa shape index (κ2) is 6.93. The fourth-order valence-electron chi connectivity index (χ4n) is 3.22. The highest BCUT2D eigenvalue weighted by Crippen LogP contribution is 2.29. The van der Waals surface area contributed by atoms with Gasteiger partial charge in [-0.15, -0.1) is 0 Å². The smallest absolute Gasteiger partial charge is 0.294 e. The predicted molar refractivity (Wildman–Crippen MR) is 104 cm³/mol. The second-order valence-corrected chi connectivity index (χ2v) is 6.67. The van der Waals surface area contributed by atoms with E-state index in [1.807, 2.05) is 44.4 Å². The van der Waals surface area contributed by atoms with Gasteiger partial charge in [0, 0.05) is 13.6 Å². The van der Waals surface area contributed by atoms with Gasteiger partial charge >= 0.3 is 5.69 Å². The number of hydrogen-bond donors (Lipinski definition) is 0. The molecular weight excluding hydrogens is 332 g/mol. The first-order chi connectivity index (χ1) is 12.4. The fourth-order valence-corrected chi connectivity index (χ4v) is 3.22. The predicted octanol–water partition coefficient (Wildman–Crippen LogP) is 2.03. The van der Waals surface area contributed by atoms with Crippen LogP contribution in [-0.2, 0) is 13.6 Å². The average molecular weight is 358 g/mol. The van der Waals surface area contributed by atoms with Gasteiger partial charge in [-0.25, -0.2) is 9.80 Å². The fraction of sp³-hybridized carbons (Fsp3) is 0.556. The first-order valence-electron chi connectivity index (χ1n) is 9.07. The van der Waals surface area contributed by atoms with E-state index in [1.165, 1.54) is 9.13 Å². The quantitative estimate of drug-likeness (QED) is 0.766. The van der Waals surface area contributed by atoms with Crippen LogP contribution in [0.4, 0.5) is 5.95 Å². The third-order valence-corrected chi connectivity index (χ3v) is 4.91. The molecule has 8 nitrogen and oxygen atoms in total. The van der Waals surface area contributed by atoms with E-state index < -0.39 is 0 Å². The highest BCUT2D eigenvalue weighted by molar-refractivity contribution is 5.91. The summed E-state index contributed by atoms with van der Waals surface area (Å²) >= 11 is 0. The molecule has 0 spiro atoms. The molecule has 0 radical (unpaired) electrons. The Kier molecular flexibility index (Phi) is 4.84. The maximum atomic E-state index is 13.1. The first-order valence-corrected chi connectivity index (χ1v) is 9.07. The highest BCUT2D eigenvalue weighted by Gasteiger charge is 2.30. The van der Waals surface area contributed by atoms with E-state index >= 15 is 0 Å². The van der Waals surface area contributed by atoms with E-state index in [-0.39, 0.29) is 17.3 Å². The van der Waals surface area contributed by atoms with Gasteiger partial charge in [0.2, 0.25) is 5.95 Å². The molecule has 1 aliphatic heterocycles. The van der Waals surface area contributed by atoms with Crippen LogP contribution in [0.2, 0.25) is 0 Å². The summed E-state index contributed by atoms with van der Waals surface area (Å²) in [5.74, 6) is 0.594. The zero-order valence-corrected chi connectivity index (χ0v) is 16.1. The molecule has 140 valence electrons. The van der Waals surface area contributed by atoms with Crippen molar-refractivity contribution in [1.29, 1.82) is 0 Å². The number of aryl methyl sites for hydroxylation is 1. The molecule has 0 aromatic carbocycles. The van der Waals surface area contributed by atoms with Crippen LogP contribution >= 0.6 is 0 Å². The zero-order valence-electron chi connectivity index (χ0n) is 16.1. The minimum Gasteiger partial charge on any atom is -0.294 e. The number of hydrazone groups is 1. The molecule has 3 rings (SSSR count). The Morgan fingerprint density at radius 2 is 2.00 bits per heavy atom. The molecule has 0 unspecified atom stereocenters. The molecule has 0 bridgehead atoms. The van der Waals surface area contributed by atoms with Crippen LogP contribution in [0, 0.1) is 0 Å². The molecule has 26 heavy (non-hydrogen) atoms. The molecule has 0 aliphatic carbocycles. The number of aromatic nitrogens is 4. The highest BCUT2D eigenvalue weighted by atomic mass is 16.2. The Balaban J connectivity index is 2.32. The minimum absolute atomic E-state index is 0.0957. The van der Waals surface area contributed by atoms with Gasteiger partial charge in [-0.05, 0) is 27.2 Å². The van der Waals surface area contributed by atoms with Crippen molar-refractivity contribution in [3.8, 4) is 0 Å². The number of imidazole rings is 1. The van der Waals surface area contributed by atoms with Crippen LogP contribution in [0.3, 0.4) is 0 Å². The van der Waals surface area contributed by atoms with E-state index in [0.29, 0.717) is 30.2 Å². The summed E-state index contributed by atoms with van der Waals surface area (Å²) in [4.78, 5) is 30.4. The van der Waals surface area contributed by atoms with E-state index in [0.717, 1.165) is 18.6 Å². The van der Waals surface area contributed by atoms with Gasteiger partial charge in [0.1, 0.15) is 0 Å². The van der Waals surface area contributed by atoms with Gasteiger partial charge in [-0.1, -0.05) is 25.5 Å². The second-order valence-electron chi connectivity index (χ2n) is 6.67. The Morgan fingerprint density at radius 1 is 1.27 bits per heavy atom. The number of unbranched alkanes of at least 4 members (excludes halogenated alkanes) is 1. The summed E-state index contributed by atoms with van der Waals surface area (Å²) in [6.45, 7) is 8.90. The number of allylic oxidation sites excluding steroid dienone is 1. The summed E-state index contributed by atoms with van der Waals surface area (Å²) < 4.78 is 4.70. The third kappa shape index (κ3) is 2.69. The molecule has 8 heteroatoms. The van der Waals surface area contributed by atoms with Gasteiger partial charge < -0.3 is 0 Å². The van der Waals surface area contributed by atoms with Crippen LogP contribution < -0.4 is 16.3 Å². The lowest BCUT2D eigenvalue weighted by Gasteiger charge is -2.28. The monoisotopic (exact) mass is 358 g/mol. The van der Waals surface area contributed by atoms with Crippen LogP contribution in [0.5, 0.6) is 0 Å². The van der Waals surface area contributed by atoms with E-state index in [4.69, 9.17) is 0 Å². The van der Waals surface area contributed by atoms with Crippen LogP contribution in [0.15, 0.2) is 26.8 Å². The maximum Gasteiger partial charge on any atom is 0.332 e. The molecule has 0 saturated carbocycles. The van der Waals surface area contributed by atoms with Crippen LogP contribution in [0.1, 0.15) is 46.6 Å². The minimum atomic E-state index is -0.323. The van der Waals surface area contributed by atoms with Gasteiger partial charge in [0.05, 0.1) is 18.3 Å². The van der Waals surface area contributed by atoms with Crippen molar-refractivity contribution < 1.29 is 0 Å². The summed E-state index contributed by atoms with van der Waals surface area (Å²) in [5, 5.41) is 6.38. The molecule has 0 N–H and O–H groups in total. The standard InChI is InChI=1S/C18H26N6O2/c1-6-8-10-22-16(25)14-15(21(5)18(22)26)19-17-23(11-9-7-2)20-12(3)13(4)24(14)17/h7,9,13H,6,8,10-11H2,1-5H3/b9-7+/t13-/m1/s1. The number of fused-ring (bicyclic) bond motifs is 3. The van der Waals surface area contributed by atoms with E-state index in [9.17, 15) is 9.59 Å². The lowest BCUT2D eigenvalue weighted by atomic mass is 10.2. The SMILES string of the molecule is C/C=C/CN1N=C(C)[C@@H](C)n2c1nc1c2c(=O)n(CCCC)c(=O)n1C. The summed E-state index contributed by atoms with van der Waals surface area (Å²) in [7, 11) is 1.67. The lowest BCUT2D eigenvalue weighted by Crippen LogP contribution is -2.40. The zero-order chi connectivity index (χ0) is 19.0. The number of hydrogen-bond acceptors (Lipinski definition) is 5. The molecule has 2 aromatic heterocycles. The van der Waals surface area contributed by atoms with Crippen LogP contribution in [-0.4, -0.2) is 30.9 Å². The van der Waals surface area contributed by atoms with Crippen molar-refractivity contribution >= 4 is 22.8 Å². The maximum absolute atomic E-state index is 13.1. The number of nitrogens with zero attached hydrogens (tertiary/aromatic N) is 6. The van der Waals surface area contributed by atoms with Crippen molar-refractivity contribution in [2.45, 2.75) is 53.1 Å². The molecule has 0 amide bonds. The topological polar surface area (TPSA) is 77.4 Å². The Morgan fingerprint density at radius 3 is 2.65 bits per heavy atom. The van der Waals surface area contributed by atoms with Gasteiger partial charge in [0.25, 0.3) is 5.56 Å². The molecule has 1 aliphatic rings. The molecule has 0 saturated heterocycles. The number of anilines is 1. The van der Waals surface area contributed by atoms with Gasteiger partial charge in [-0.3, -0.25) is 18.5 Å². The van der Waals surface area contributed by atoms with Crippen LogP contribution in [0.25, 0.3) is 11.2 Å². The third-order valence-electron chi connectivity index (χ3n) is 4.91. The van der Waals surface area contributed by atoms with Gasteiger partial charge in [0.15, 0.2) is 11.2 Å². The molecule has 3 heterocycles. The summed E-state index contributed by atoms with van der Waals surface area (Å²) in [6, 6.07) is -0.0957. The Hall–Kier alpha value is -2.64. The first kappa shape index (κ1) is 18.2. The van der Waals surface area contributed by atoms with Crippen molar-refractivity contribution in [3.63, 3.8) is 0 Å². The average Bonchev–Trinajstić information content (AvgIpc) is 3.03. The number of rotatable bonds is 5. The molecule has 2 aromatic rings. The molecule has 0 fully saturated rings. The molecule has 1 atom stereocenters. The lowest BCUT2D eigenvalue weighted by molar-refractivity contribution is 0.563. The van der Waals surface area contributed by atoms with Crippen molar-refractivity contribution in [2.24, 2.45) is 12.1 Å². The van der Waals surface area contributed by atoms with Crippen molar-refractivity contribution in [3.05, 3.63) is 33.0 Å². The largest absolute Gasteiger partial charge is 0.332 e. The summed E-state index contributed by atoms with van der Waals surface area (Å²) in [6.07, 6.45) is 5.63. The summed E-state index contributed by atoms with van der Waals surface area (Å²) in [5.41, 5.74) is 1.17. The molecular formula is C18H26N6O2. The Labute approximate surface area is 152 Å². The van der Waals surface area contributed by atoms with E-state index in [1.54, 1.807) is 12.1 Å². The van der Waals surface area contributed by atoms with Gasteiger partial charge in [-0.2, -0.15) is 10.1 Å².